The molecule has 0 aliphatic rings. The number of H-pyrrole nitrogens is 1. The molecule has 21 heavy (non-hydrogen) atoms. The smallest absolute Gasteiger partial charge is 0.277 e. The Morgan fingerprint density at radius 3 is 2.52 bits per heavy atom. The van der Waals surface area contributed by atoms with Crippen LogP contribution < -0.4 is 10.9 Å². The maximum absolute atomic E-state index is 12.3. The van der Waals surface area contributed by atoms with Crippen molar-refractivity contribution < 1.29 is 9.90 Å². The summed E-state index contributed by atoms with van der Waals surface area (Å²) in [6.07, 6.45) is 1.83. The third kappa shape index (κ3) is 4.39. The predicted octanol–water partition coefficient (Wildman–Crippen LogP) is 1.03. The average molecular weight is 295 g/mol. The minimum Gasteiger partial charge on any atom is -0.396 e. The molecule has 0 fully saturated rings. The third-order valence-corrected chi connectivity index (χ3v) is 3.60. The summed E-state index contributed by atoms with van der Waals surface area (Å²) in [7, 11) is 0. The lowest BCUT2D eigenvalue weighted by molar-refractivity contribution is 0.0925. The normalized spacial score (nSPS) is 11.5. The largest absolute Gasteiger partial charge is 0.396 e. The summed E-state index contributed by atoms with van der Waals surface area (Å²) in [5, 5.41) is 18.2. The molecule has 0 aliphatic heterocycles. The lowest BCUT2D eigenvalue weighted by atomic mass is 9.89. The first-order chi connectivity index (χ1) is 9.86. The lowest BCUT2D eigenvalue weighted by Gasteiger charge is -2.24. The second-order valence-corrected chi connectivity index (χ2v) is 5.88. The van der Waals surface area contributed by atoms with E-state index in [1.54, 1.807) is 0 Å². The van der Waals surface area contributed by atoms with Gasteiger partial charge in [0.25, 0.3) is 11.5 Å². The average Bonchev–Trinajstić information content (AvgIpc) is 2.44. The fraction of sp³-hybridized carbons (Fsp3) is 0.667. The Kier molecular flexibility index (Phi) is 6.08. The number of aliphatic hydroxyl groups excluding tert-OH is 1. The van der Waals surface area contributed by atoms with Gasteiger partial charge in [-0.2, -0.15) is 5.10 Å². The third-order valence-electron chi connectivity index (χ3n) is 3.60. The van der Waals surface area contributed by atoms with Gasteiger partial charge in [0.1, 0.15) is 5.56 Å². The molecular formula is C15H25N3O3. The van der Waals surface area contributed by atoms with E-state index in [2.05, 4.69) is 15.5 Å². The number of aliphatic hydroxyl groups is 1. The highest BCUT2D eigenvalue weighted by atomic mass is 16.3. The SMILES string of the molecule is CCc1n[nH]c(=O)c(C(=O)NCC(C)(C)CCO)c1CC. The monoisotopic (exact) mass is 295 g/mol. The Bertz CT molecular complexity index is 550. The number of hydrogen-bond donors (Lipinski definition) is 3. The number of carbonyl (C=O) groups is 1. The highest BCUT2D eigenvalue weighted by Gasteiger charge is 2.22. The van der Waals surface area contributed by atoms with Crippen molar-refractivity contribution in [1.82, 2.24) is 15.5 Å². The number of rotatable bonds is 7. The van der Waals surface area contributed by atoms with Crippen LogP contribution in [0.4, 0.5) is 0 Å². The summed E-state index contributed by atoms with van der Waals surface area (Å²) in [5.74, 6) is -0.379. The maximum Gasteiger partial charge on any atom is 0.277 e. The first kappa shape index (κ1) is 17.4. The van der Waals surface area contributed by atoms with Crippen LogP contribution in [0.5, 0.6) is 0 Å². The first-order valence-corrected chi connectivity index (χ1v) is 7.35. The number of aryl methyl sites for hydroxylation is 1. The fourth-order valence-electron chi connectivity index (χ4n) is 2.24. The van der Waals surface area contributed by atoms with E-state index in [-0.39, 0.29) is 23.5 Å². The quantitative estimate of drug-likeness (QED) is 0.700. The van der Waals surface area contributed by atoms with Crippen LogP contribution >= 0.6 is 0 Å². The first-order valence-electron chi connectivity index (χ1n) is 7.35. The second-order valence-electron chi connectivity index (χ2n) is 5.88. The van der Waals surface area contributed by atoms with E-state index in [1.807, 2.05) is 27.7 Å². The van der Waals surface area contributed by atoms with Crippen molar-refractivity contribution in [1.29, 1.82) is 0 Å². The Morgan fingerprint density at radius 2 is 2.00 bits per heavy atom. The van der Waals surface area contributed by atoms with Gasteiger partial charge in [-0.1, -0.05) is 27.7 Å². The van der Waals surface area contributed by atoms with E-state index in [4.69, 9.17) is 5.11 Å². The zero-order valence-electron chi connectivity index (χ0n) is 13.2. The topological polar surface area (TPSA) is 95.1 Å². The molecule has 1 amide bonds. The number of nitrogens with one attached hydrogen (secondary N) is 2. The lowest BCUT2D eigenvalue weighted by Crippen LogP contribution is -2.38. The van der Waals surface area contributed by atoms with E-state index in [0.717, 1.165) is 5.69 Å². The summed E-state index contributed by atoms with van der Waals surface area (Å²) >= 11 is 0. The van der Waals surface area contributed by atoms with Crippen molar-refractivity contribution in [3.8, 4) is 0 Å². The van der Waals surface area contributed by atoms with Crippen LogP contribution in [0.15, 0.2) is 4.79 Å². The summed E-state index contributed by atoms with van der Waals surface area (Å²) in [5.41, 5.74) is 0.936. The van der Waals surface area contributed by atoms with Gasteiger partial charge < -0.3 is 10.4 Å². The Balaban J connectivity index is 3.00. The van der Waals surface area contributed by atoms with Gasteiger partial charge in [-0.3, -0.25) is 9.59 Å². The van der Waals surface area contributed by atoms with Gasteiger partial charge in [0, 0.05) is 13.2 Å². The van der Waals surface area contributed by atoms with Crippen LogP contribution in [0, 0.1) is 5.41 Å². The van der Waals surface area contributed by atoms with Crippen LogP contribution in [-0.2, 0) is 12.8 Å². The molecule has 0 unspecified atom stereocenters. The molecule has 0 radical (unpaired) electrons. The predicted molar refractivity (Wildman–Crippen MR) is 81.4 cm³/mol. The number of carbonyl (C=O) groups excluding carboxylic acids is 1. The van der Waals surface area contributed by atoms with E-state index in [9.17, 15) is 9.59 Å². The van der Waals surface area contributed by atoms with Crippen molar-refractivity contribution in [2.75, 3.05) is 13.2 Å². The van der Waals surface area contributed by atoms with E-state index < -0.39 is 5.56 Å². The van der Waals surface area contributed by atoms with Gasteiger partial charge in [-0.25, -0.2) is 5.10 Å². The molecule has 1 aromatic heterocycles. The van der Waals surface area contributed by atoms with E-state index in [0.29, 0.717) is 31.4 Å². The fourth-order valence-corrected chi connectivity index (χ4v) is 2.24. The molecule has 0 saturated carbocycles. The molecule has 0 atom stereocenters. The second kappa shape index (κ2) is 7.36. The molecule has 1 aromatic rings. The zero-order valence-corrected chi connectivity index (χ0v) is 13.2. The van der Waals surface area contributed by atoms with Crippen molar-refractivity contribution in [3.05, 3.63) is 27.2 Å². The van der Waals surface area contributed by atoms with Crippen molar-refractivity contribution in [2.45, 2.75) is 47.0 Å². The number of amides is 1. The summed E-state index contributed by atoms with van der Waals surface area (Å²) in [6.45, 7) is 8.22. The molecule has 3 N–H and O–H groups in total. The van der Waals surface area contributed by atoms with Crippen LogP contribution in [0.1, 0.15) is 55.7 Å². The molecule has 6 heteroatoms. The van der Waals surface area contributed by atoms with Crippen LogP contribution in [0.3, 0.4) is 0 Å². The van der Waals surface area contributed by atoms with Gasteiger partial charge in [-0.05, 0) is 30.2 Å². The summed E-state index contributed by atoms with van der Waals surface area (Å²) in [4.78, 5) is 24.3. The Labute approximate surface area is 125 Å². The molecule has 0 saturated heterocycles. The molecule has 0 bridgehead atoms. The highest BCUT2D eigenvalue weighted by Crippen LogP contribution is 2.18. The number of nitrogens with zero attached hydrogens (tertiary/aromatic N) is 1. The molecule has 0 aromatic carbocycles. The van der Waals surface area contributed by atoms with Crippen molar-refractivity contribution in [2.24, 2.45) is 5.41 Å². The molecule has 118 valence electrons. The van der Waals surface area contributed by atoms with Gasteiger partial charge in [0.15, 0.2) is 0 Å². The molecule has 1 heterocycles. The number of hydrogen-bond acceptors (Lipinski definition) is 4. The molecule has 0 spiro atoms. The summed E-state index contributed by atoms with van der Waals surface area (Å²) < 4.78 is 0. The molecule has 1 rings (SSSR count). The van der Waals surface area contributed by atoms with E-state index in [1.165, 1.54) is 0 Å². The zero-order chi connectivity index (χ0) is 16.0. The molecule has 6 nitrogen and oxygen atoms in total. The van der Waals surface area contributed by atoms with Crippen molar-refractivity contribution in [3.63, 3.8) is 0 Å². The van der Waals surface area contributed by atoms with Crippen molar-refractivity contribution >= 4 is 5.91 Å². The van der Waals surface area contributed by atoms with Gasteiger partial charge in [0.05, 0.1) is 5.69 Å². The minimum absolute atomic E-state index is 0.0684. The Hall–Kier alpha value is -1.69. The standard InChI is InChI=1S/C15H25N3O3/c1-5-10-11(6-2)17-18-14(21)12(10)13(20)16-9-15(3,4)7-8-19/h19H,5-9H2,1-4H3,(H,16,20)(H,18,21). The van der Waals surface area contributed by atoms with Gasteiger partial charge >= 0.3 is 0 Å². The van der Waals surface area contributed by atoms with Crippen LogP contribution in [0.25, 0.3) is 0 Å². The van der Waals surface area contributed by atoms with Crippen LogP contribution in [0.2, 0.25) is 0 Å². The highest BCUT2D eigenvalue weighted by molar-refractivity contribution is 5.95. The maximum atomic E-state index is 12.3. The van der Waals surface area contributed by atoms with Gasteiger partial charge in [-0.15, -0.1) is 0 Å². The number of aromatic nitrogens is 2. The Morgan fingerprint density at radius 1 is 1.33 bits per heavy atom. The van der Waals surface area contributed by atoms with E-state index >= 15 is 0 Å². The number of aromatic amines is 1. The molecular weight excluding hydrogens is 270 g/mol. The summed E-state index contributed by atoms with van der Waals surface area (Å²) in [6, 6.07) is 0. The van der Waals surface area contributed by atoms with Crippen LogP contribution in [-0.4, -0.2) is 34.4 Å². The van der Waals surface area contributed by atoms with Gasteiger partial charge in [0.2, 0.25) is 0 Å². The molecule has 0 aliphatic carbocycles. The minimum atomic E-state index is -0.457.